The summed E-state index contributed by atoms with van der Waals surface area (Å²) in [5, 5.41) is 4.12. The fourth-order valence-corrected chi connectivity index (χ4v) is 4.19. The minimum atomic E-state index is 0.0987. The van der Waals surface area contributed by atoms with Gasteiger partial charge in [-0.1, -0.05) is 38.0 Å². The standard InChI is InChI=1S/C16H19IN2O/c1-16-9-5-4-7-12(16)14(16)15(20)19-18-10-11-6-2-3-8-13(11)17/h2-3,6,8,10,12,14H,4-5,7,9H2,1H3,(H,19,20). The smallest absolute Gasteiger partial charge is 0.244 e. The molecule has 0 spiro atoms. The van der Waals surface area contributed by atoms with E-state index in [0.29, 0.717) is 5.92 Å². The molecule has 1 aromatic rings. The Morgan fingerprint density at radius 3 is 2.95 bits per heavy atom. The van der Waals surface area contributed by atoms with Gasteiger partial charge in [0.15, 0.2) is 0 Å². The molecule has 106 valence electrons. The van der Waals surface area contributed by atoms with Crippen LogP contribution in [0.25, 0.3) is 0 Å². The van der Waals surface area contributed by atoms with Crippen LogP contribution in [0.1, 0.15) is 38.2 Å². The van der Waals surface area contributed by atoms with E-state index in [9.17, 15) is 4.79 Å². The van der Waals surface area contributed by atoms with Crippen molar-refractivity contribution < 1.29 is 4.79 Å². The van der Waals surface area contributed by atoms with Crippen molar-refractivity contribution in [2.45, 2.75) is 32.6 Å². The van der Waals surface area contributed by atoms with Crippen LogP contribution in [0.15, 0.2) is 29.4 Å². The Morgan fingerprint density at radius 2 is 2.25 bits per heavy atom. The average molecular weight is 382 g/mol. The highest BCUT2D eigenvalue weighted by Gasteiger charge is 2.64. The molecule has 1 amide bonds. The Kier molecular flexibility index (Phi) is 3.84. The number of rotatable bonds is 3. The van der Waals surface area contributed by atoms with Gasteiger partial charge < -0.3 is 0 Å². The quantitative estimate of drug-likeness (QED) is 0.485. The molecule has 2 saturated carbocycles. The van der Waals surface area contributed by atoms with Crippen molar-refractivity contribution in [3.8, 4) is 0 Å². The van der Waals surface area contributed by atoms with E-state index in [1.165, 1.54) is 25.7 Å². The van der Waals surface area contributed by atoms with Crippen LogP contribution in [-0.4, -0.2) is 12.1 Å². The molecular formula is C16H19IN2O. The largest absolute Gasteiger partial charge is 0.273 e. The molecule has 1 N–H and O–H groups in total. The third kappa shape index (κ3) is 2.50. The van der Waals surface area contributed by atoms with Gasteiger partial charge in [0, 0.05) is 15.1 Å². The average Bonchev–Trinajstić information content (AvgIpc) is 3.06. The molecule has 0 heterocycles. The van der Waals surface area contributed by atoms with Gasteiger partial charge in [0.1, 0.15) is 0 Å². The fraction of sp³-hybridized carbons (Fsp3) is 0.500. The van der Waals surface area contributed by atoms with Crippen molar-refractivity contribution in [1.29, 1.82) is 0 Å². The molecule has 0 aliphatic heterocycles. The van der Waals surface area contributed by atoms with E-state index in [1.54, 1.807) is 6.21 Å². The maximum atomic E-state index is 12.2. The molecule has 2 aliphatic carbocycles. The van der Waals surface area contributed by atoms with Gasteiger partial charge in [-0.3, -0.25) is 4.79 Å². The highest BCUT2D eigenvalue weighted by molar-refractivity contribution is 14.1. The van der Waals surface area contributed by atoms with Crippen LogP contribution in [0.3, 0.4) is 0 Å². The summed E-state index contributed by atoms with van der Waals surface area (Å²) in [6.45, 7) is 2.25. The molecule has 0 bridgehead atoms. The maximum Gasteiger partial charge on any atom is 0.244 e. The number of fused-ring (bicyclic) bond motifs is 1. The second-order valence-corrected chi connectivity index (χ2v) is 7.25. The van der Waals surface area contributed by atoms with Crippen LogP contribution < -0.4 is 5.43 Å². The van der Waals surface area contributed by atoms with Crippen LogP contribution in [0, 0.1) is 20.8 Å². The Bertz CT molecular complexity index is 557. The number of hydrogen-bond donors (Lipinski definition) is 1. The zero-order valence-corrected chi connectivity index (χ0v) is 13.8. The van der Waals surface area contributed by atoms with E-state index in [-0.39, 0.29) is 17.2 Å². The van der Waals surface area contributed by atoms with E-state index < -0.39 is 0 Å². The molecule has 0 aromatic heterocycles. The van der Waals surface area contributed by atoms with Crippen LogP contribution in [0.4, 0.5) is 0 Å². The minimum absolute atomic E-state index is 0.0987. The molecule has 3 nitrogen and oxygen atoms in total. The normalized spacial score (nSPS) is 31.9. The number of nitrogens with zero attached hydrogens (tertiary/aromatic N) is 1. The van der Waals surface area contributed by atoms with Gasteiger partial charge in [-0.2, -0.15) is 5.10 Å². The van der Waals surface area contributed by atoms with Gasteiger partial charge in [-0.05, 0) is 52.8 Å². The van der Waals surface area contributed by atoms with Crippen LogP contribution in [0.5, 0.6) is 0 Å². The number of hydrazone groups is 1. The molecular weight excluding hydrogens is 363 g/mol. The third-order valence-electron chi connectivity index (χ3n) is 4.90. The molecule has 0 saturated heterocycles. The molecule has 1 aromatic carbocycles. The second kappa shape index (κ2) is 5.47. The predicted molar refractivity (Wildman–Crippen MR) is 88.5 cm³/mol. The molecule has 3 rings (SSSR count). The van der Waals surface area contributed by atoms with Crippen molar-refractivity contribution in [3.05, 3.63) is 33.4 Å². The van der Waals surface area contributed by atoms with Gasteiger partial charge in [-0.15, -0.1) is 0 Å². The highest BCUT2D eigenvalue weighted by Crippen LogP contribution is 2.66. The summed E-state index contributed by atoms with van der Waals surface area (Å²) in [6.07, 6.45) is 6.66. The van der Waals surface area contributed by atoms with E-state index in [4.69, 9.17) is 0 Å². The molecule has 4 heteroatoms. The third-order valence-corrected chi connectivity index (χ3v) is 5.88. The van der Waals surface area contributed by atoms with Crippen LogP contribution in [-0.2, 0) is 4.79 Å². The Balaban J connectivity index is 1.60. The molecule has 3 unspecified atom stereocenters. The van der Waals surface area contributed by atoms with Crippen molar-refractivity contribution in [1.82, 2.24) is 5.43 Å². The SMILES string of the molecule is CC12CCCCC1C2C(=O)NN=Cc1ccccc1I. The molecule has 0 radical (unpaired) electrons. The summed E-state index contributed by atoms with van der Waals surface area (Å²) in [5.74, 6) is 0.863. The van der Waals surface area contributed by atoms with Crippen LogP contribution in [0.2, 0.25) is 0 Å². The van der Waals surface area contributed by atoms with Gasteiger partial charge in [0.2, 0.25) is 5.91 Å². The van der Waals surface area contributed by atoms with Gasteiger partial charge in [-0.25, -0.2) is 5.43 Å². The van der Waals surface area contributed by atoms with Gasteiger partial charge in [0.25, 0.3) is 0 Å². The monoisotopic (exact) mass is 382 g/mol. The van der Waals surface area contributed by atoms with E-state index >= 15 is 0 Å². The second-order valence-electron chi connectivity index (χ2n) is 6.09. The number of hydrogen-bond acceptors (Lipinski definition) is 2. The zero-order chi connectivity index (χ0) is 14.2. The highest BCUT2D eigenvalue weighted by atomic mass is 127. The number of carbonyl (C=O) groups excluding carboxylic acids is 1. The first kappa shape index (κ1) is 14.0. The summed E-state index contributed by atoms with van der Waals surface area (Å²) in [6, 6.07) is 7.99. The van der Waals surface area contributed by atoms with Crippen molar-refractivity contribution >= 4 is 34.7 Å². The Hall–Kier alpha value is -0.910. The lowest BCUT2D eigenvalue weighted by Gasteiger charge is -2.15. The maximum absolute atomic E-state index is 12.2. The summed E-state index contributed by atoms with van der Waals surface area (Å²) >= 11 is 2.27. The molecule has 20 heavy (non-hydrogen) atoms. The van der Waals surface area contributed by atoms with Gasteiger partial charge >= 0.3 is 0 Å². The lowest BCUT2D eigenvalue weighted by Crippen LogP contribution is -2.22. The summed E-state index contributed by atoms with van der Waals surface area (Å²) in [4.78, 5) is 12.2. The van der Waals surface area contributed by atoms with Crippen LogP contribution >= 0.6 is 22.6 Å². The first-order chi connectivity index (χ1) is 9.63. The minimum Gasteiger partial charge on any atom is -0.273 e. The van der Waals surface area contributed by atoms with Crippen molar-refractivity contribution in [2.75, 3.05) is 0 Å². The fourth-order valence-electron chi connectivity index (χ4n) is 3.67. The number of carbonyl (C=O) groups is 1. The number of halogens is 1. The van der Waals surface area contributed by atoms with Gasteiger partial charge in [0.05, 0.1) is 6.21 Å². The lowest BCUT2D eigenvalue weighted by atomic mass is 9.90. The summed E-state index contributed by atoms with van der Waals surface area (Å²) in [5.41, 5.74) is 4.01. The Labute approximate surface area is 133 Å². The van der Waals surface area contributed by atoms with E-state index in [0.717, 1.165) is 9.13 Å². The van der Waals surface area contributed by atoms with Crippen molar-refractivity contribution in [3.63, 3.8) is 0 Å². The Morgan fingerprint density at radius 1 is 1.45 bits per heavy atom. The topological polar surface area (TPSA) is 41.5 Å². The predicted octanol–water partition coefficient (Wildman–Crippen LogP) is 3.57. The summed E-state index contributed by atoms with van der Waals surface area (Å²) < 4.78 is 1.13. The number of benzene rings is 1. The van der Waals surface area contributed by atoms with E-state index in [1.807, 2.05) is 24.3 Å². The molecule has 3 atom stereocenters. The summed E-state index contributed by atoms with van der Waals surface area (Å²) in [7, 11) is 0. The zero-order valence-electron chi connectivity index (χ0n) is 11.6. The number of nitrogens with one attached hydrogen (secondary N) is 1. The molecule has 2 aliphatic rings. The van der Waals surface area contributed by atoms with Crippen molar-refractivity contribution in [2.24, 2.45) is 22.4 Å². The first-order valence-electron chi connectivity index (χ1n) is 7.20. The first-order valence-corrected chi connectivity index (χ1v) is 8.28. The lowest BCUT2D eigenvalue weighted by molar-refractivity contribution is -0.123. The van der Waals surface area contributed by atoms with E-state index in [2.05, 4.69) is 40.0 Å². The molecule has 2 fully saturated rings. The number of amides is 1.